The molecule has 0 unspecified atom stereocenters. The van der Waals surface area contributed by atoms with Crippen LogP contribution in [0.25, 0.3) is 0 Å². The predicted molar refractivity (Wildman–Crippen MR) is 112 cm³/mol. The Hall–Kier alpha value is -2.49. The minimum absolute atomic E-state index is 0.000541. The molecule has 0 aliphatic rings. The number of benzene rings is 2. The minimum Gasteiger partial charge on any atom is -0.497 e. The highest BCUT2D eigenvalue weighted by Crippen LogP contribution is 2.29. The molecule has 2 aromatic rings. The van der Waals surface area contributed by atoms with Gasteiger partial charge < -0.3 is 19.5 Å². The van der Waals surface area contributed by atoms with E-state index in [4.69, 9.17) is 37.4 Å². The van der Waals surface area contributed by atoms with Gasteiger partial charge in [-0.1, -0.05) is 23.2 Å². The lowest BCUT2D eigenvalue weighted by Gasteiger charge is -2.12. The second-order valence-corrected chi connectivity index (χ2v) is 8.84. The number of sulfone groups is 1. The van der Waals surface area contributed by atoms with Gasteiger partial charge in [-0.05, 0) is 30.3 Å². The Labute approximate surface area is 183 Å². The van der Waals surface area contributed by atoms with Crippen molar-refractivity contribution in [1.29, 1.82) is 0 Å². The largest absolute Gasteiger partial charge is 0.497 e. The number of rotatable bonds is 9. The van der Waals surface area contributed by atoms with Crippen LogP contribution in [-0.4, -0.2) is 46.9 Å². The van der Waals surface area contributed by atoms with Gasteiger partial charge >= 0.3 is 5.97 Å². The molecule has 1 amide bonds. The van der Waals surface area contributed by atoms with Gasteiger partial charge in [-0.25, -0.2) is 8.42 Å². The van der Waals surface area contributed by atoms with E-state index >= 15 is 0 Å². The smallest absolute Gasteiger partial charge is 0.307 e. The van der Waals surface area contributed by atoms with Crippen LogP contribution in [0.5, 0.6) is 11.5 Å². The predicted octanol–water partition coefficient (Wildman–Crippen LogP) is 3.36. The van der Waals surface area contributed by atoms with Crippen molar-refractivity contribution in [2.45, 2.75) is 11.3 Å². The van der Waals surface area contributed by atoms with Crippen LogP contribution in [0.4, 0.5) is 5.69 Å². The van der Waals surface area contributed by atoms with E-state index in [1.165, 1.54) is 32.4 Å². The first-order valence-corrected chi connectivity index (χ1v) is 10.9. The Morgan fingerprint density at radius 1 is 1.03 bits per heavy atom. The summed E-state index contributed by atoms with van der Waals surface area (Å²) in [5.41, 5.74) is 0.359. The van der Waals surface area contributed by atoms with Crippen LogP contribution in [0.3, 0.4) is 0 Å². The summed E-state index contributed by atoms with van der Waals surface area (Å²) in [6, 6.07) is 8.78. The van der Waals surface area contributed by atoms with Crippen LogP contribution in [0.1, 0.15) is 6.42 Å². The summed E-state index contributed by atoms with van der Waals surface area (Å²) >= 11 is 11.7. The van der Waals surface area contributed by atoms with Crippen LogP contribution < -0.4 is 14.8 Å². The number of carbonyl (C=O) groups excluding carboxylic acids is 2. The molecule has 0 aliphatic heterocycles. The Morgan fingerprint density at radius 3 is 2.43 bits per heavy atom. The molecule has 0 aliphatic carbocycles. The van der Waals surface area contributed by atoms with Gasteiger partial charge in [0.05, 0.1) is 42.0 Å². The van der Waals surface area contributed by atoms with Crippen molar-refractivity contribution >= 4 is 50.6 Å². The van der Waals surface area contributed by atoms with E-state index in [-0.39, 0.29) is 14.9 Å². The number of ether oxygens (including phenoxy) is 3. The molecule has 0 radical (unpaired) electrons. The maximum Gasteiger partial charge on any atom is 0.307 e. The average Bonchev–Trinajstić information content (AvgIpc) is 2.72. The fraction of sp³-hybridized carbons (Fsp3) is 0.263. The van der Waals surface area contributed by atoms with E-state index < -0.39 is 40.5 Å². The molecular weight excluding hydrogens is 457 g/mol. The molecule has 0 atom stereocenters. The second-order valence-electron chi connectivity index (χ2n) is 5.92. The maximum atomic E-state index is 12.4. The summed E-state index contributed by atoms with van der Waals surface area (Å²) in [6.45, 7) is -0.591. The van der Waals surface area contributed by atoms with Crippen molar-refractivity contribution < 1.29 is 32.2 Å². The summed E-state index contributed by atoms with van der Waals surface area (Å²) in [5, 5.41) is 2.73. The molecule has 0 saturated carbocycles. The first kappa shape index (κ1) is 23.8. The third-order valence-corrected chi connectivity index (χ3v) is 6.28. The molecule has 30 heavy (non-hydrogen) atoms. The second kappa shape index (κ2) is 10.5. The number of carbonyl (C=O) groups is 2. The molecule has 0 bridgehead atoms. The van der Waals surface area contributed by atoms with E-state index in [1.807, 2.05) is 0 Å². The fourth-order valence-corrected chi connectivity index (χ4v) is 4.38. The molecule has 11 heteroatoms. The van der Waals surface area contributed by atoms with Crippen LogP contribution in [-0.2, 0) is 24.2 Å². The average molecular weight is 476 g/mol. The molecule has 1 N–H and O–H groups in total. The van der Waals surface area contributed by atoms with Gasteiger partial charge in [-0.3, -0.25) is 9.59 Å². The Bertz CT molecular complexity index is 1040. The number of anilines is 1. The topological polar surface area (TPSA) is 108 Å². The summed E-state index contributed by atoms with van der Waals surface area (Å²) in [5.74, 6) is -1.11. The SMILES string of the molecule is COc1ccc(NC(=O)COC(=O)CCS(=O)(=O)c2cc(Cl)ccc2Cl)c(OC)c1. The van der Waals surface area contributed by atoms with E-state index in [9.17, 15) is 18.0 Å². The molecule has 2 rings (SSSR count). The Balaban J connectivity index is 1.89. The van der Waals surface area contributed by atoms with Gasteiger partial charge in [0.25, 0.3) is 5.91 Å². The lowest BCUT2D eigenvalue weighted by atomic mass is 10.2. The van der Waals surface area contributed by atoms with Crippen molar-refractivity contribution in [2.75, 3.05) is 31.9 Å². The van der Waals surface area contributed by atoms with Gasteiger partial charge in [-0.15, -0.1) is 0 Å². The Kier molecular flexibility index (Phi) is 8.33. The van der Waals surface area contributed by atoms with Crippen molar-refractivity contribution in [3.05, 3.63) is 46.4 Å². The summed E-state index contributed by atoms with van der Waals surface area (Å²) in [6.07, 6.45) is -0.454. The van der Waals surface area contributed by atoms with Gasteiger partial charge in [0.15, 0.2) is 16.4 Å². The Morgan fingerprint density at radius 2 is 1.77 bits per heavy atom. The normalized spacial score (nSPS) is 10.9. The number of esters is 1. The number of nitrogens with one attached hydrogen (secondary N) is 1. The number of methoxy groups -OCH3 is 2. The standard InChI is InChI=1S/C19H19Cl2NO7S/c1-27-13-4-6-15(16(10-13)28-2)22-18(23)11-29-19(24)7-8-30(25,26)17-9-12(20)3-5-14(17)21/h3-6,9-10H,7-8,11H2,1-2H3,(H,22,23). The zero-order valence-electron chi connectivity index (χ0n) is 16.1. The van der Waals surface area contributed by atoms with Gasteiger partial charge in [-0.2, -0.15) is 0 Å². The molecule has 0 fully saturated rings. The summed E-state index contributed by atoms with van der Waals surface area (Å²) in [4.78, 5) is 23.7. The third-order valence-electron chi connectivity index (χ3n) is 3.85. The number of amides is 1. The summed E-state index contributed by atoms with van der Waals surface area (Å²) in [7, 11) is -0.937. The number of hydrogen-bond donors (Lipinski definition) is 1. The van der Waals surface area contributed by atoms with Crippen LogP contribution in [0.2, 0.25) is 10.0 Å². The van der Waals surface area contributed by atoms with Crippen molar-refractivity contribution in [3.8, 4) is 11.5 Å². The molecule has 2 aromatic carbocycles. The minimum atomic E-state index is -3.86. The molecule has 0 spiro atoms. The van der Waals surface area contributed by atoms with Gasteiger partial charge in [0.2, 0.25) is 0 Å². The van der Waals surface area contributed by atoms with E-state index in [0.29, 0.717) is 17.2 Å². The summed E-state index contributed by atoms with van der Waals surface area (Å²) < 4.78 is 39.8. The van der Waals surface area contributed by atoms with E-state index in [0.717, 1.165) is 0 Å². The maximum absolute atomic E-state index is 12.4. The number of hydrogen-bond acceptors (Lipinski definition) is 7. The molecule has 162 valence electrons. The van der Waals surface area contributed by atoms with E-state index in [2.05, 4.69) is 5.32 Å². The zero-order chi connectivity index (χ0) is 22.3. The highest BCUT2D eigenvalue weighted by molar-refractivity contribution is 7.91. The zero-order valence-corrected chi connectivity index (χ0v) is 18.4. The van der Waals surface area contributed by atoms with Gasteiger partial charge in [0.1, 0.15) is 11.5 Å². The van der Waals surface area contributed by atoms with E-state index in [1.54, 1.807) is 18.2 Å². The van der Waals surface area contributed by atoms with Crippen LogP contribution in [0.15, 0.2) is 41.3 Å². The molecular formula is C19H19Cl2NO7S. The van der Waals surface area contributed by atoms with Crippen LogP contribution in [0, 0.1) is 0 Å². The third kappa shape index (κ3) is 6.51. The van der Waals surface area contributed by atoms with Crippen molar-refractivity contribution in [1.82, 2.24) is 0 Å². The van der Waals surface area contributed by atoms with Gasteiger partial charge in [0, 0.05) is 11.1 Å². The van der Waals surface area contributed by atoms with Crippen molar-refractivity contribution in [3.63, 3.8) is 0 Å². The number of halogens is 2. The fourth-order valence-electron chi connectivity index (χ4n) is 2.35. The first-order valence-electron chi connectivity index (χ1n) is 8.51. The molecule has 0 heterocycles. The highest BCUT2D eigenvalue weighted by Gasteiger charge is 2.21. The molecule has 0 saturated heterocycles. The monoisotopic (exact) mass is 475 g/mol. The molecule has 8 nitrogen and oxygen atoms in total. The van der Waals surface area contributed by atoms with Crippen molar-refractivity contribution in [2.24, 2.45) is 0 Å². The first-order chi connectivity index (χ1) is 14.2. The van der Waals surface area contributed by atoms with Crippen LogP contribution >= 0.6 is 23.2 Å². The highest BCUT2D eigenvalue weighted by atomic mass is 35.5. The lowest BCUT2D eigenvalue weighted by Crippen LogP contribution is -2.22. The quantitative estimate of drug-likeness (QED) is 0.553. The molecule has 0 aromatic heterocycles. The lowest BCUT2D eigenvalue weighted by molar-refractivity contribution is -0.146.